The molecule has 2 aromatic heterocycles. The number of carboxylic acid groups (broad SMARTS) is 1. The molecule has 0 aliphatic heterocycles. The van der Waals surface area contributed by atoms with Gasteiger partial charge in [0.25, 0.3) is 0 Å². The molecule has 0 bridgehead atoms. The van der Waals surface area contributed by atoms with E-state index in [1.807, 2.05) is 0 Å². The molecule has 78 valence electrons. The van der Waals surface area contributed by atoms with Crippen molar-refractivity contribution in [1.29, 1.82) is 0 Å². The lowest BCUT2D eigenvalue weighted by Gasteiger charge is -2.05. The highest BCUT2D eigenvalue weighted by molar-refractivity contribution is 5.81. The molecule has 1 unspecified atom stereocenters. The van der Waals surface area contributed by atoms with Gasteiger partial charge in [-0.2, -0.15) is 5.10 Å². The minimum Gasteiger partial charge on any atom is -0.481 e. The third-order valence-corrected chi connectivity index (χ3v) is 2.15. The largest absolute Gasteiger partial charge is 0.481 e. The molecule has 0 fully saturated rings. The third kappa shape index (κ3) is 1.79. The highest BCUT2D eigenvalue weighted by atomic mass is 16.4. The lowest BCUT2D eigenvalue weighted by Crippen LogP contribution is -2.15. The Bertz CT molecular complexity index is 494. The van der Waals surface area contributed by atoms with Crippen LogP contribution in [0.1, 0.15) is 18.2 Å². The zero-order chi connectivity index (χ0) is 10.8. The molecule has 6 heteroatoms. The summed E-state index contributed by atoms with van der Waals surface area (Å²) in [6.07, 6.45) is 3.09. The van der Waals surface area contributed by atoms with E-state index in [1.54, 1.807) is 18.5 Å². The SMILES string of the molecule is NC(CC(=O)O)c1[nH]nc2cnccc12. The summed E-state index contributed by atoms with van der Waals surface area (Å²) in [7, 11) is 0. The quantitative estimate of drug-likeness (QED) is 0.675. The van der Waals surface area contributed by atoms with Gasteiger partial charge in [-0.25, -0.2) is 0 Å². The Hall–Kier alpha value is -1.95. The number of aliphatic carboxylic acids is 1. The van der Waals surface area contributed by atoms with Gasteiger partial charge in [0, 0.05) is 11.6 Å². The zero-order valence-corrected chi connectivity index (χ0v) is 7.84. The van der Waals surface area contributed by atoms with Crippen LogP contribution in [0.5, 0.6) is 0 Å². The summed E-state index contributed by atoms with van der Waals surface area (Å²) in [4.78, 5) is 14.4. The van der Waals surface area contributed by atoms with Gasteiger partial charge in [0.1, 0.15) is 5.52 Å². The molecule has 0 aliphatic carbocycles. The number of rotatable bonds is 3. The Morgan fingerprint density at radius 2 is 2.47 bits per heavy atom. The molecule has 0 saturated heterocycles. The predicted molar refractivity (Wildman–Crippen MR) is 53.1 cm³/mol. The van der Waals surface area contributed by atoms with Crippen molar-refractivity contribution in [1.82, 2.24) is 15.2 Å². The van der Waals surface area contributed by atoms with Crippen LogP contribution in [0.4, 0.5) is 0 Å². The Balaban J connectivity index is 2.39. The van der Waals surface area contributed by atoms with Gasteiger partial charge in [-0.3, -0.25) is 14.9 Å². The van der Waals surface area contributed by atoms with Crippen molar-refractivity contribution in [2.45, 2.75) is 12.5 Å². The Morgan fingerprint density at radius 3 is 3.20 bits per heavy atom. The second-order valence-electron chi connectivity index (χ2n) is 3.23. The fourth-order valence-corrected chi connectivity index (χ4v) is 1.46. The second-order valence-corrected chi connectivity index (χ2v) is 3.23. The van der Waals surface area contributed by atoms with Gasteiger partial charge in [-0.05, 0) is 6.07 Å². The van der Waals surface area contributed by atoms with Crippen LogP contribution in [0, 0.1) is 0 Å². The molecule has 0 aromatic carbocycles. The number of aromatic nitrogens is 3. The van der Waals surface area contributed by atoms with Crippen molar-refractivity contribution in [2.75, 3.05) is 0 Å². The van der Waals surface area contributed by atoms with E-state index < -0.39 is 12.0 Å². The van der Waals surface area contributed by atoms with Crippen LogP contribution in [0.2, 0.25) is 0 Å². The van der Waals surface area contributed by atoms with Crippen LogP contribution in [-0.2, 0) is 4.79 Å². The van der Waals surface area contributed by atoms with Crippen LogP contribution in [-0.4, -0.2) is 26.3 Å². The number of aromatic amines is 1. The molecular weight excluding hydrogens is 196 g/mol. The molecule has 2 rings (SSSR count). The molecule has 0 aliphatic rings. The van der Waals surface area contributed by atoms with Crippen LogP contribution >= 0.6 is 0 Å². The first-order valence-electron chi connectivity index (χ1n) is 4.44. The lowest BCUT2D eigenvalue weighted by atomic mass is 10.1. The van der Waals surface area contributed by atoms with Gasteiger partial charge in [0.05, 0.1) is 24.4 Å². The van der Waals surface area contributed by atoms with E-state index in [2.05, 4.69) is 15.2 Å². The number of fused-ring (bicyclic) bond motifs is 1. The van der Waals surface area contributed by atoms with Gasteiger partial charge in [0.2, 0.25) is 0 Å². The lowest BCUT2D eigenvalue weighted by molar-refractivity contribution is -0.137. The first-order valence-corrected chi connectivity index (χ1v) is 4.44. The monoisotopic (exact) mass is 206 g/mol. The summed E-state index contributed by atoms with van der Waals surface area (Å²) < 4.78 is 0. The number of nitrogens with zero attached hydrogens (tertiary/aromatic N) is 2. The van der Waals surface area contributed by atoms with E-state index in [0.717, 1.165) is 5.39 Å². The summed E-state index contributed by atoms with van der Waals surface area (Å²) in [5, 5.41) is 16.2. The van der Waals surface area contributed by atoms with Crippen molar-refractivity contribution in [3.8, 4) is 0 Å². The van der Waals surface area contributed by atoms with Gasteiger partial charge in [-0.1, -0.05) is 0 Å². The molecule has 2 aromatic rings. The van der Waals surface area contributed by atoms with Crippen LogP contribution in [0.25, 0.3) is 10.9 Å². The summed E-state index contributed by atoms with van der Waals surface area (Å²) in [6.45, 7) is 0. The number of carbonyl (C=O) groups is 1. The Morgan fingerprint density at radius 1 is 1.67 bits per heavy atom. The first kappa shape index (κ1) is 9.60. The highest BCUT2D eigenvalue weighted by Crippen LogP contribution is 2.20. The Kier molecular flexibility index (Phi) is 2.34. The average Bonchev–Trinajstić information content (AvgIpc) is 2.59. The highest BCUT2D eigenvalue weighted by Gasteiger charge is 2.15. The summed E-state index contributed by atoms with van der Waals surface area (Å²) in [5.74, 6) is -0.931. The van der Waals surface area contributed by atoms with Crippen molar-refractivity contribution < 1.29 is 9.90 Å². The second kappa shape index (κ2) is 3.66. The zero-order valence-electron chi connectivity index (χ0n) is 7.84. The summed E-state index contributed by atoms with van der Waals surface area (Å²) in [5.41, 5.74) is 7.06. The number of pyridine rings is 1. The molecule has 0 radical (unpaired) electrons. The Labute approximate surface area is 85.1 Å². The number of hydrogen-bond acceptors (Lipinski definition) is 4. The van der Waals surface area contributed by atoms with Gasteiger partial charge in [-0.15, -0.1) is 0 Å². The fraction of sp³-hybridized carbons (Fsp3) is 0.222. The van der Waals surface area contributed by atoms with E-state index in [0.29, 0.717) is 11.2 Å². The predicted octanol–water partition coefficient (Wildman–Crippen LogP) is 0.432. The number of carboxylic acids is 1. The van der Waals surface area contributed by atoms with Crippen molar-refractivity contribution in [3.05, 3.63) is 24.2 Å². The maximum Gasteiger partial charge on any atom is 0.305 e. The maximum absolute atomic E-state index is 10.5. The van der Waals surface area contributed by atoms with Crippen molar-refractivity contribution in [3.63, 3.8) is 0 Å². The molecule has 2 heterocycles. The van der Waals surface area contributed by atoms with E-state index >= 15 is 0 Å². The average molecular weight is 206 g/mol. The fourth-order valence-electron chi connectivity index (χ4n) is 1.46. The molecule has 0 spiro atoms. The van der Waals surface area contributed by atoms with Crippen LogP contribution < -0.4 is 5.73 Å². The van der Waals surface area contributed by atoms with Gasteiger partial charge >= 0.3 is 5.97 Å². The summed E-state index contributed by atoms with van der Waals surface area (Å²) >= 11 is 0. The molecule has 15 heavy (non-hydrogen) atoms. The smallest absolute Gasteiger partial charge is 0.305 e. The third-order valence-electron chi connectivity index (χ3n) is 2.15. The van der Waals surface area contributed by atoms with E-state index in [9.17, 15) is 4.79 Å². The maximum atomic E-state index is 10.5. The van der Waals surface area contributed by atoms with Gasteiger partial charge < -0.3 is 10.8 Å². The minimum atomic E-state index is -0.931. The molecule has 0 amide bonds. The van der Waals surface area contributed by atoms with Crippen LogP contribution in [0.15, 0.2) is 18.5 Å². The summed E-state index contributed by atoms with van der Waals surface area (Å²) in [6, 6.07) is 1.19. The van der Waals surface area contributed by atoms with Crippen molar-refractivity contribution >= 4 is 16.9 Å². The number of nitrogens with one attached hydrogen (secondary N) is 1. The van der Waals surface area contributed by atoms with E-state index in [1.165, 1.54) is 0 Å². The van der Waals surface area contributed by atoms with Crippen LogP contribution in [0.3, 0.4) is 0 Å². The van der Waals surface area contributed by atoms with E-state index in [4.69, 9.17) is 10.8 Å². The molecule has 0 saturated carbocycles. The molecular formula is C9H10N4O2. The van der Waals surface area contributed by atoms with Gasteiger partial charge in [0.15, 0.2) is 0 Å². The number of nitrogens with two attached hydrogens (primary N) is 1. The minimum absolute atomic E-state index is 0.125. The normalized spacial score (nSPS) is 12.9. The molecule has 4 N–H and O–H groups in total. The molecule has 1 atom stereocenters. The number of hydrogen-bond donors (Lipinski definition) is 3. The van der Waals surface area contributed by atoms with Crippen molar-refractivity contribution in [2.24, 2.45) is 5.73 Å². The topological polar surface area (TPSA) is 105 Å². The standard InChI is InChI=1S/C9H10N4O2/c10-6(3-8(14)15)9-5-1-2-11-4-7(5)12-13-9/h1-2,4,6H,3,10H2,(H,12,13)(H,14,15). The molecule has 6 nitrogen and oxygen atoms in total. The first-order chi connectivity index (χ1) is 7.18. The van der Waals surface area contributed by atoms with E-state index in [-0.39, 0.29) is 6.42 Å². The number of H-pyrrole nitrogens is 1.